The third kappa shape index (κ3) is 3.62. The molecule has 1 heterocycles. The van der Waals surface area contributed by atoms with Gasteiger partial charge in [0.05, 0.1) is 17.5 Å². The summed E-state index contributed by atoms with van der Waals surface area (Å²) in [6.45, 7) is 3.93. The molecule has 15 heavy (non-hydrogen) atoms. The molecule has 1 atom stereocenters. The van der Waals surface area contributed by atoms with E-state index in [-0.39, 0.29) is 6.04 Å². The predicted octanol–water partition coefficient (Wildman–Crippen LogP) is 2.79. The normalized spacial score (nSPS) is 13.9. The molecule has 3 nitrogen and oxygen atoms in total. The molecule has 0 aliphatic carbocycles. The zero-order valence-corrected chi connectivity index (χ0v) is 9.61. The van der Waals surface area contributed by atoms with Crippen molar-refractivity contribution in [2.45, 2.75) is 19.9 Å². The Hall–Kier alpha value is -1.51. The van der Waals surface area contributed by atoms with E-state index < -0.39 is 0 Å². The Morgan fingerprint density at radius 1 is 1.67 bits per heavy atom. The van der Waals surface area contributed by atoms with Crippen LogP contribution in [0.25, 0.3) is 5.70 Å². The molecule has 0 bridgehead atoms. The van der Waals surface area contributed by atoms with Crippen molar-refractivity contribution < 1.29 is 0 Å². The van der Waals surface area contributed by atoms with Crippen LogP contribution in [0.15, 0.2) is 41.9 Å². The Kier molecular flexibility index (Phi) is 4.68. The molecule has 0 saturated heterocycles. The summed E-state index contributed by atoms with van der Waals surface area (Å²) in [6.07, 6.45) is 11.4. The smallest absolute Gasteiger partial charge is 0.0991 e. The van der Waals surface area contributed by atoms with Crippen molar-refractivity contribution >= 4 is 23.1 Å². The largest absolute Gasteiger partial charge is 0.307 e. The first-order valence-electron chi connectivity index (χ1n) is 4.67. The number of aliphatic imine (C=N–C) groups is 1. The Bertz CT molecular complexity index is 397. The van der Waals surface area contributed by atoms with Crippen molar-refractivity contribution in [2.75, 3.05) is 0 Å². The molecule has 0 aliphatic heterocycles. The molecular weight excluding hydrogens is 206 g/mol. The molecular formula is C11H13N3S. The van der Waals surface area contributed by atoms with Crippen LogP contribution >= 0.6 is 12.2 Å². The molecule has 0 amide bonds. The summed E-state index contributed by atoms with van der Waals surface area (Å²) >= 11 is 4.54. The van der Waals surface area contributed by atoms with Crippen molar-refractivity contribution in [3.8, 4) is 0 Å². The number of hydrogen-bond donors (Lipinski definition) is 0. The highest BCUT2D eigenvalue weighted by molar-refractivity contribution is 7.78. The van der Waals surface area contributed by atoms with Gasteiger partial charge in [-0.05, 0) is 32.1 Å². The Morgan fingerprint density at radius 2 is 2.47 bits per heavy atom. The second-order valence-electron chi connectivity index (χ2n) is 3.00. The van der Waals surface area contributed by atoms with Crippen LogP contribution in [0, 0.1) is 0 Å². The van der Waals surface area contributed by atoms with Crippen molar-refractivity contribution in [2.24, 2.45) is 4.99 Å². The van der Waals surface area contributed by atoms with E-state index in [1.165, 1.54) is 0 Å². The van der Waals surface area contributed by atoms with Gasteiger partial charge in [0.2, 0.25) is 0 Å². The maximum atomic E-state index is 4.54. The molecule has 0 fully saturated rings. The zero-order chi connectivity index (χ0) is 11.1. The summed E-state index contributed by atoms with van der Waals surface area (Å²) in [5.41, 5.74) is 1.05. The molecule has 0 aliphatic rings. The highest BCUT2D eigenvalue weighted by Crippen LogP contribution is 2.06. The number of isothiocyanates is 1. The molecule has 1 aromatic rings. The molecule has 1 aromatic heterocycles. The molecule has 1 rings (SSSR count). The fraction of sp³-hybridized carbons (Fsp3) is 0.273. The predicted molar refractivity (Wildman–Crippen MR) is 65.8 cm³/mol. The molecule has 0 saturated carbocycles. The summed E-state index contributed by atoms with van der Waals surface area (Å²) in [5, 5.41) is 2.36. The fourth-order valence-electron chi connectivity index (χ4n) is 1.11. The van der Waals surface area contributed by atoms with Gasteiger partial charge in [0.25, 0.3) is 0 Å². The quantitative estimate of drug-likeness (QED) is 0.443. The first-order chi connectivity index (χ1) is 7.27. The lowest BCUT2D eigenvalue weighted by Crippen LogP contribution is -1.94. The van der Waals surface area contributed by atoms with Crippen molar-refractivity contribution in [3.05, 3.63) is 36.9 Å². The van der Waals surface area contributed by atoms with Gasteiger partial charge in [0.1, 0.15) is 0 Å². The third-order valence-corrected chi connectivity index (χ3v) is 2.01. The van der Waals surface area contributed by atoms with Crippen LogP contribution in [0.5, 0.6) is 0 Å². The molecule has 0 N–H and O–H groups in total. The zero-order valence-electron chi connectivity index (χ0n) is 8.79. The van der Waals surface area contributed by atoms with Gasteiger partial charge in [-0.25, -0.2) is 9.98 Å². The SMILES string of the molecule is CC=C(C=CC(C)N=C=S)n1ccnc1. The highest BCUT2D eigenvalue weighted by Gasteiger charge is 1.95. The Balaban J connectivity index is 2.75. The lowest BCUT2D eigenvalue weighted by molar-refractivity contribution is 0.934. The Morgan fingerprint density at radius 3 is 3.00 bits per heavy atom. The minimum absolute atomic E-state index is 0.0565. The van der Waals surface area contributed by atoms with E-state index in [1.807, 2.05) is 42.8 Å². The van der Waals surface area contributed by atoms with E-state index in [9.17, 15) is 0 Å². The van der Waals surface area contributed by atoms with Crippen molar-refractivity contribution in [3.63, 3.8) is 0 Å². The second-order valence-corrected chi connectivity index (χ2v) is 3.19. The molecule has 78 valence electrons. The van der Waals surface area contributed by atoms with E-state index in [0.717, 1.165) is 5.70 Å². The van der Waals surface area contributed by atoms with Crippen LogP contribution in [0.3, 0.4) is 0 Å². The topological polar surface area (TPSA) is 30.2 Å². The highest BCUT2D eigenvalue weighted by atomic mass is 32.1. The number of rotatable bonds is 4. The fourth-order valence-corrected chi connectivity index (χ4v) is 1.27. The summed E-state index contributed by atoms with van der Waals surface area (Å²) in [5.74, 6) is 0. The minimum Gasteiger partial charge on any atom is -0.307 e. The molecule has 0 spiro atoms. The standard InChI is InChI=1S/C11H13N3S/c1-3-11(14-7-6-12-8-14)5-4-10(2)13-9-15/h3-8,10H,1-2H3. The van der Waals surface area contributed by atoms with Crippen LogP contribution in [-0.2, 0) is 0 Å². The minimum atomic E-state index is 0.0565. The molecule has 0 aromatic carbocycles. The van der Waals surface area contributed by atoms with Crippen molar-refractivity contribution in [1.29, 1.82) is 0 Å². The number of allylic oxidation sites excluding steroid dienone is 3. The molecule has 4 heteroatoms. The van der Waals surface area contributed by atoms with Crippen LogP contribution < -0.4 is 0 Å². The molecule has 1 unspecified atom stereocenters. The van der Waals surface area contributed by atoms with E-state index >= 15 is 0 Å². The van der Waals surface area contributed by atoms with Crippen LogP contribution in [-0.4, -0.2) is 20.8 Å². The summed E-state index contributed by atoms with van der Waals surface area (Å²) in [7, 11) is 0. The van der Waals surface area contributed by atoms with E-state index in [1.54, 1.807) is 12.5 Å². The Labute approximate surface area is 94.9 Å². The maximum absolute atomic E-state index is 4.54. The van der Waals surface area contributed by atoms with Crippen LogP contribution in [0.1, 0.15) is 13.8 Å². The second kappa shape index (κ2) is 6.06. The van der Waals surface area contributed by atoms with Crippen LogP contribution in [0.4, 0.5) is 0 Å². The number of thiocarbonyl (C=S) groups is 1. The monoisotopic (exact) mass is 219 g/mol. The molecule has 0 radical (unpaired) electrons. The summed E-state index contributed by atoms with van der Waals surface area (Å²) in [4.78, 5) is 7.93. The third-order valence-electron chi connectivity index (χ3n) is 1.90. The average molecular weight is 219 g/mol. The van der Waals surface area contributed by atoms with Gasteiger partial charge in [0.15, 0.2) is 0 Å². The van der Waals surface area contributed by atoms with E-state index in [4.69, 9.17) is 0 Å². The van der Waals surface area contributed by atoms with Gasteiger partial charge in [-0.3, -0.25) is 0 Å². The number of nitrogens with zero attached hydrogens (tertiary/aromatic N) is 3. The first-order valence-corrected chi connectivity index (χ1v) is 5.08. The summed E-state index contributed by atoms with van der Waals surface area (Å²) < 4.78 is 1.93. The number of hydrogen-bond acceptors (Lipinski definition) is 3. The summed E-state index contributed by atoms with van der Waals surface area (Å²) in [6, 6.07) is 0.0565. The van der Waals surface area contributed by atoms with Gasteiger partial charge in [0, 0.05) is 18.1 Å². The maximum Gasteiger partial charge on any atom is 0.0991 e. The number of imidazole rings is 1. The van der Waals surface area contributed by atoms with E-state index in [2.05, 4.69) is 27.4 Å². The average Bonchev–Trinajstić information content (AvgIpc) is 2.72. The van der Waals surface area contributed by atoms with Gasteiger partial charge in [-0.2, -0.15) is 0 Å². The number of aromatic nitrogens is 2. The van der Waals surface area contributed by atoms with Crippen molar-refractivity contribution in [1.82, 2.24) is 9.55 Å². The lowest BCUT2D eigenvalue weighted by atomic mass is 10.3. The first kappa shape index (κ1) is 11.6. The van der Waals surface area contributed by atoms with Gasteiger partial charge in [-0.15, -0.1) is 0 Å². The van der Waals surface area contributed by atoms with E-state index in [0.29, 0.717) is 0 Å². The van der Waals surface area contributed by atoms with Gasteiger partial charge < -0.3 is 4.57 Å². The van der Waals surface area contributed by atoms with Gasteiger partial charge >= 0.3 is 0 Å². The lowest BCUT2D eigenvalue weighted by Gasteiger charge is -2.02. The van der Waals surface area contributed by atoms with Crippen LogP contribution in [0.2, 0.25) is 0 Å². The van der Waals surface area contributed by atoms with Gasteiger partial charge in [-0.1, -0.05) is 12.2 Å².